The molecule has 0 spiro atoms. The summed E-state index contributed by atoms with van der Waals surface area (Å²) < 4.78 is 45.3. The van der Waals surface area contributed by atoms with E-state index in [0.717, 1.165) is 28.2 Å². The number of hydrogen-bond donors (Lipinski definition) is 0. The van der Waals surface area contributed by atoms with E-state index in [2.05, 4.69) is 0 Å². The summed E-state index contributed by atoms with van der Waals surface area (Å²) in [5.41, 5.74) is -0.230. The van der Waals surface area contributed by atoms with Crippen LogP contribution in [0.2, 0.25) is 0 Å². The van der Waals surface area contributed by atoms with Crippen LogP contribution in [0, 0.1) is 5.92 Å². The van der Waals surface area contributed by atoms with Crippen LogP contribution in [-0.2, 0) is 11.0 Å². The Morgan fingerprint density at radius 3 is 2.26 bits per heavy atom. The molecular weight excluding hydrogens is 457 g/mol. The van der Waals surface area contributed by atoms with Gasteiger partial charge < -0.3 is 9.64 Å². The van der Waals surface area contributed by atoms with Gasteiger partial charge in [-0.25, -0.2) is 9.69 Å². The van der Waals surface area contributed by atoms with E-state index in [9.17, 15) is 22.8 Å². The van der Waals surface area contributed by atoms with E-state index < -0.39 is 35.3 Å². The Morgan fingerprint density at radius 2 is 1.57 bits per heavy atom. The molecule has 5 nitrogen and oxygen atoms in total. The molecule has 3 amide bonds. The zero-order chi connectivity index (χ0) is 24.5. The molecule has 8 heteroatoms. The fraction of sp³-hybridized carbons (Fsp3) is 0.259. The van der Waals surface area contributed by atoms with Crippen molar-refractivity contribution in [2.24, 2.45) is 5.92 Å². The highest BCUT2D eigenvalue weighted by Crippen LogP contribution is 2.61. The number of amides is 3. The van der Waals surface area contributed by atoms with Gasteiger partial charge in [0.2, 0.25) is 0 Å². The van der Waals surface area contributed by atoms with Gasteiger partial charge in [0, 0.05) is 17.4 Å². The molecule has 2 saturated heterocycles. The second kappa shape index (κ2) is 7.34. The van der Waals surface area contributed by atoms with E-state index in [0.29, 0.717) is 12.4 Å². The summed E-state index contributed by atoms with van der Waals surface area (Å²) in [6.07, 6.45) is -4.51. The van der Waals surface area contributed by atoms with Crippen LogP contribution in [0.25, 0.3) is 0 Å². The average Bonchev–Trinajstić information content (AvgIpc) is 3.24. The number of para-hydroxylation sites is 1. The van der Waals surface area contributed by atoms with Crippen LogP contribution in [0.1, 0.15) is 35.6 Å². The lowest BCUT2D eigenvalue weighted by atomic mass is 9.73. The van der Waals surface area contributed by atoms with Crippen molar-refractivity contribution in [1.82, 2.24) is 4.90 Å². The van der Waals surface area contributed by atoms with Crippen LogP contribution >= 0.6 is 0 Å². The Kier molecular flexibility index (Phi) is 4.55. The molecule has 35 heavy (non-hydrogen) atoms. The summed E-state index contributed by atoms with van der Waals surface area (Å²) in [6, 6.07) is 20.2. The van der Waals surface area contributed by atoms with Gasteiger partial charge in [0.15, 0.2) is 0 Å². The van der Waals surface area contributed by atoms with Gasteiger partial charge >= 0.3 is 12.2 Å². The molecule has 6 rings (SSSR count). The zero-order valence-electron chi connectivity index (χ0n) is 18.7. The zero-order valence-corrected chi connectivity index (χ0v) is 18.7. The monoisotopic (exact) mass is 478 g/mol. The maximum Gasteiger partial charge on any atom is 0.416 e. The van der Waals surface area contributed by atoms with Crippen LogP contribution < -0.4 is 9.64 Å². The fourth-order valence-electron chi connectivity index (χ4n) is 6.06. The maximum absolute atomic E-state index is 14.0. The van der Waals surface area contributed by atoms with E-state index >= 15 is 0 Å². The number of fused-ring (bicyclic) bond motifs is 5. The standard InChI is InChI=1S/C27H21F3N2O3/c1-26-22(16-7-3-2-4-8-16)20-15-35-21-10-6-5-9-19(21)23(20)32(26)25(34)31(24(26)33)18-13-11-17(12-14-18)27(28,29)30/h2-14,20,22-23H,15H2,1H3/t20-,22-,23-,26-/m1/s1. The normalized spacial score (nSPS) is 27.4. The molecule has 2 fully saturated rings. The first kappa shape index (κ1) is 21.7. The number of ether oxygens (including phenoxy) is 1. The third-order valence-corrected chi connectivity index (χ3v) is 7.53. The molecule has 178 valence electrons. The molecule has 0 N–H and O–H groups in total. The molecule has 0 radical (unpaired) electrons. The third-order valence-electron chi connectivity index (χ3n) is 7.53. The molecule has 3 aromatic rings. The molecule has 0 bridgehead atoms. The van der Waals surface area contributed by atoms with Crippen molar-refractivity contribution in [3.05, 3.63) is 95.6 Å². The first-order valence-electron chi connectivity index (χ1n) is 11.3. The average molecular weight is 478 g/mol. The summed E-state index contributed by atoms with van der Waals surface area (Å²) in [5, 5.41) is 0. The molecule has 4 atom stereocenters. The number of halogens is 3. The molecule has 0 aliphatic carbocycles. The number of benzene rings is 3. The van der Waals surface area contributed by atoms with Crippen LogP contribution in [0.3, 0.4) is 0 Å². The molecule has 0 unspecified atom stereocenters. The summed E-state index contributed by atoms with van der Waals surface area (Å²) in [5.74, 6) is -0.320. The van der Waals surface area contributed by atoms with E-state index in [1.807, 2.05) is 54.6 Å². The van der Waals surface area contributed by atoms with Crippen molar-refractivity contribution in [2.75, 3.05) is 11.5 Å². The third kappa shape index (κ3) is 2.95. The Bertz CT molecular complexity index is 1330. The van der Waals surface area contributed by atoms with Crippen LogP contribution in [0.15, 0.2) is 78.9 Å². The predicted molar refractivity (Wildman–Crippen MR) is 122 cm³/mol. The van der Waals surface area contributed by atoms with Gasteiger partial charge in [0.25, 0.3) is 5.91 Å². The number of hydrogen-bond acceptors (Lipinski definition) is 3. The van der Waals surface area contributed by atoms with Crippen molar-refractivity contribution >= 4 is 17.6 Å². The van der Waals surface area contributed by atoms with Gasteiger partial charge in [-0.3, -0.25) is 4.79 Å². The van der Waals surface area contributed by atoms with Gasteiger partial charge in [-0.1, -0.05) is 48.5 Å². The largest absolute Gasteiger partial charge is 0.493 e. The number of carbonyl (C=O) groups is 2. The minimum Gasteiger partial charge on any atom is -0.493 e. The quantitative estimate of drug-likeness (QED) is 0.439. The maximum atomic E-state index is 14.0. The lowest BCUT2D eigenvalue weighted by molar-refractivity contribution is -0.137. The second-order valence-electron chi connectivity index (χ2n) is 9.33. The summed E-state index contributed by atoms with van der Waals surface area (Å²) in [7, 11) is 0. The molecular formula is C27H21F3N2O3. The second-order valence-corrected chi connectivity index (χ2v) is 9.33. The lowest BCUT2D eigenvalue weighted by Crippen LogP contribution is -2.46. The number of urea groups is 1. The van der Waals surface area contributed by atoms with Crippen LogP contribution in [0.5, 0.6) is 5.75 Å². The first-order valence-corrected chi connectivity index (χ1v) is 11.3. The number of anilines is 1. The lowest BCUT2D eigenvalue weighted by Gasteiger charge is -2.34. The van der Waals surface area contributed by atoms with Gasteiger partial charge in [-0.2, -0.15) is 13.2 Å². The number of rotatable bonds is 2. The SMILES string of the molecule is C[C@@]12C(=O)N(c3ccc(C(F)(F)F)cc3)C(=O)N1[C@@H]1c3ccccc3OC[C@@H]1[C@H]2c1ccccc1. The Morgan fingerprint density at radius 1 is 0.914 bits per heavy atom. The van der Waals surface area contributed by atoms with Gasteiger partial charge in [-0.15, -0.1) is 0 Å². The molecule has 3 aliphatic heterocycles. The fourth-order valence-corrected chi connectivity index (χ4v) is 6.06. The summed E-state index contributed by atoms with van der Waals surface area (Å²) >= 11 is 0. The minimum absolute atomic E-state index is 0.118. The molecule has 0 aromatic heterocycles. The van der Waals surface area contributed by atoms with Crippen LogP contribution in [-0.4, -0.2) is 29.0 Å². The number of carbonyl (C=O) groups excluding carboxylic acids is 2. The molecule has 3 heterocycles. The predicted octanol–water partition coefficient (Wildman–Crippen LogP) is 5.78. The van der Waals surface area contributed by atoms with E-state index in [4.69, 9.17) is 4.74 Å². The smallest absolute Gasteiger partial charge is 0.416 e. The molecule has 3 aromatic carbocycles. The van der Waals surface area contributed by atoms with Gasteiger partial charge in [-0.05, 0) is 42.8 Å². The van der Waals surface area contributed by atoms with Crippen molar-refractivity contribution < 1.29 is 27.5 Å². The van der Waals surface area contributed by atoms with Crippen molar-refractivity contribution in [3.63, 3.8) is 0 Å². The minimum atomic E-state index is -4.51. The van der Waals surface area contributed by atoms with Gasteiger partial charge in [0.05, 0.1) is 23.9 Å². The number of nitrogens with zero attached hydrogens (tertiary/aromatic N) is 2. The number of alkyl halides is 3. The van der Waals surface area contributed by atoms with E-state index in [1.165, 1.54) is 12.1 Å². The summed E-state index contributed by atoms with van der Waals surface area (Å²) in [4.78, 5) is 30.6. The van der Waals surface area contributed by atoms with Crippen molar-refractivity contribution in [1.29, 1.82) is 0 Å². The van der Waals surface area contributed by atoms with Crippen molar-refractivity contribution in [3.8, 4) is 5.75 Å². The van der Waals surface area contributed by atoms with E-state index in [1.54, 1.807) is 11.8 Å². The first-order chi connectivity index (χ1) is 16.7. The highest BCUT2D eigenvalue weighted by molar-refractivity contribution is 6.24. The Labute approximate surface area is 199 Å². The Hall–Kier alpha value is -3.81. The Balaban J connectivity index is 1.50. The highest BCUT2D eigenvalue weighted by atomic mass is 19.4. The molecule has 0 saturated carbocycles. The topological polar surface area (TPSA) is 49.9 Å². The number of imide groups is 1. The van der Waals surface area contributed by atoms with E-state index in [-0.39, 0.29) is 17.5 Å². The summed E-state index contributed by atoms with van der Waals surface area (Å²) in [6.45, 7) is 2.10. The molecule has 3 aliphatic rings. The van der Waals surface area contributed by atoms with Gasteiger partial charge in [0.1, 0.15) is 11.3 Å². The van der Waals surface area contributed by atoms with Crippen LogP contribution in [0.4, 0.5) is 23.7 Å². The highest BCUT2D eigenvalue weighted by Gasteiger charge is 2.70. The van der Waals surface area contributed by atoms with Crippen molar-refractivity contribution in [2.45, 2.75) is 30.6 Å².